The molecule has 4 rings (SSSR count). The molecule has 0 aliphatic carbocycles. The zero-order chi connectivity index (χ0) is 18.3. The van der Waals surface area contributed by atoms with E-state index in [1.54, 1.807) is 22.9 Å². The maximum absolute atomic E-state index is 13.1. The van der Waals surface area contributed by atoms with Crippen molar-refractivity contribution in [2.24, 2.45) is 0 Å². The number of aromatic amines is 2. The molecule has 2 aliphatic heterocycles. The highest BCUT2D eigenvalue weighted by atomic mass is 16.2. The Bertz CT molecular complexity index is 916. The van der Waals surface area contributed by atoms with Crippen molar-refractivity contribution in [1.29, 1.82) is 0 Å². The van der Waals surface area contributed by atoms with Gasteiger partial charge in [0.1, 0.15) is 0 Å². The number of likely N-dealkylation sites (tertiary alicyclic amines) is 1. The number of benzene rings is 1. The molecule has 0 radical (unpaired) electrons. The smallest absolute Gasteiger partial charge is 0.328 e. The number of amides is 2. The molecule has 1 saturated heterocycles. The lowest BCUT2D eigenvalue weighted by Gasteiger charge is -2.34. The van der Waals surface area contributed by atoms with Crippen LogP contribution in [0.5, 0.6) is 0 Å². The highest BCUT2D eigenvalue weighted by Gasteiger charge is 2.31. The van der Waals surface area contributed by atoms with Crippen LogP contribution in [0.1, 0.15) is 53.5 Å². The normalized spacial score (nSPS) is 20.2. The summed E-state index contributed by atoms with van der Waals surface area (Å²) in [5, 5.41) is 6.40. The summed E-state index contributed by atoms with van der Waals surface area (Å²) >= 11 is 0. The van der Waals surface area contributed by atoms with Gasteiger partial charge in [-0.2, -0.15) is 5.10 Å². The van der Waals surface area contributed by atoms with Crippen LogP contribution >= 0.6 is 0 Å². The molecule has 26 heavy (non-hydrogen) atoms. The SMILES string of the molecule is CN1C(=O)CCc2cc(C(=O)N3CCCCC3c3n[nH]c(=O)[nH]3)ccc21. The third kappa shape index (κ3) is 2.81. The van der Waals surface area contributed by atoms with Crippen LogP contribution in [0, 0.1) is 0 Å². The summed E-state index contributed by atoms with van der Waals surface area (Å²) < 4.78 is 0. The number of aryl methyl sites for hydroxylation is 1. The molecule has 0 spiro atoms. The first-order valence-electron chi connectivity index (χ1n) is 8.89. The second-order valence-electron chi connectivity index (χ2n) is 6.87. The van der Waals surface area contributed by atoms with Crippen LogP contribution in [0.15, 0.2) is 23.0 Å². The molecule has 3 heterocycles. The molecule has 0 saturated carbocycles. The third-order valence-corrected chi connectivity index (χ3v) is 5.27. The molecule has 8 nitrogen and oxygen atoms in total. The Morgan fingerprint density at radius 1 is 1.23 bits per heavy atom. The molecule has 1 aromatic heterocycles. The number of carbonyl (C=O) groups is 2. The fourth-order valence-corrected chi connectivity index (χ4v) is 3.86. The Hall–Kier alpha value is -2.90. The van der Waals surface area contributed by atoms with Crippen LogP contribution < -0.4 is 10.6 Å². The molecule has 2 aliphatic rings. The van der Waals surface area contributed by atoms with Gasteiger partial charge < -0.3 is 9.80 Å². The number of nitrogens with zero attached hydrogens (tertiary/aromatic N) is 3. The summed E-state index contributed by atoms with van der Waals surface area (Å²) in [6, 6.07) is 5.28. The average Bonchev–Trinajstić information content (AvgIpc) is 3.10. The van der Waals surface area contributed by atoms with E-state index in [0.29, 0.717) is 30.8 Å². The third-order valence-electron chi connectivity index (χ3n) is 5.27. The summed E-state index contributed by atoms with van der Waals surface area (Å²) in [7, 11) is 1.76. The minimum Gasteiger partial charge on any atom is -0.328 e. The van der Waals surface area contributed by atoms with Crippen molar-refractivity contribution < 1.29 is 9.59 Å². The minimum atomic E-state index is -0.362. The van der Waals surface area contributed by atoms with Crippen molar-refractivity contribution in [1.82, 2.24) is 20.1 Å². The second kappa shape index (κ2) is 6.44. The maximum atomic E-state index is 13.1. The number of nitrogens with one attached hydrogen (secondary N) is 2. The zero-order valence-electron chi connectivity index (χ0n) is 14.6. The predicted molar refractivity (Wildman–Crippen MR) is 95.0 cm³/mol. The lowest BCUT2D eigenvalue weighted by atomic mass is 9.96. The van der Waals surface area contributed by atoms with Crippen LogP contribution in [0.4, 0.5) is 5.69 Å². The molecule has 1 unspecified atom stereocenters. The van der Waals surface area contributed by atoms with Gasteiger partial charge in [-0.1, -0.05) is 0 Å². The topological polar surface area (TPSA) is 102 Å². The standard InChI is InChI=1S/C18H21N5O3/c1-22-13-7-5-12(10-11(13)6-8-15(22)24)17(25)23-9-3-2-4-14(23)16-19-18(26)21-20-16/h5,7,10,14H,2-4,6,8-9H2,1H3,(H2,19,20,21,26). The summed E-state index contributed by atoms with van der Waals surface area (Å²) in [6.07, 6.45) is 3.80. The maximum Gasteiger partial charge on any atom is 0.340 e. The van der Waals surface area contributed by atoms with Gasteiger partial charge in [-0.25, -0.2) is 9.89 Å². The fourth-order valence-electron chi connectivity index (χ4n) is 3.86. The fraction of sp³-hybridized carbons (Fsp3) is 0.444. The van der Waals surface area contributed by atoms with Crippen LogP contribution in [-0.2, 0) is 11.2 Å². The van der Waals surface area contributed by atoms with Crippen LogP contribution in [0.25, 0.3) is 0 Å². The van der Waals surface area contributed by atoms with E-state index in [1.165, 1.54) is 0 Å². The lowest BCUT2D eigenvalue weighted by Crippen LogP contribution is -2.39. The van der Waals surface area contributed by atoms with Crippen molar-refractivity contribution in [3.63, 3.8) is 0 Å². The molecule has 1 fully saturated rings. The summed E-state index contributed by atoms with van der Waals surface area (Å²) in [5.41, 5.74) is 2.13. The number of fused-ring (bicyclic) bond motifs is 1. The molecule has 1 aromatic carbocycles. The van der Waals surface area contributed by atoms with E-state index in [1.807, 2.05) is 12.1 Å². The Kier molecular flexibility index (Phi) is 4.10. The van der Waals surface area contributed by atoms with E-state index < -0.39 is 0 Å². The van der Waals surface area contributed by atoms with Gasteiger partial charge in [-0.05, 0) is 49.4 Å². The van der Waals surface area contributed by atoms with Crippen molar-refractivity contribution >= 4 is 17.5 Å². The Morgan fingerprint density at radius 2 is 2.08 bits per heavy atom. The van der Waals surface area contributed by atoms with Gasteiger partial charge in [0.15, 0.2) is 5.82 Å². The molecule has 2 N–H and O–H groups in total. The van der Waals surface area contributed by atoms with Crippen molar-refractivity contribution in [2.45, 2.75) is 38.1 Å². The first-order chi connectivity index (χ1) is 12.5. The van der Waals surface area contributed by atoms with Gasteiger partial charge in [0.25, 0.3) is 5.91 Å². The van der Waals surface area contributed by atoms with Crippen LogP contribution in [0.3, 0.4) is 0 Å². The number of piperidine rings is 1. The van der Waals surface area contributed by atoms with E-state index in [9.17, 15) is 14.4 Å². The van der Waals surface area contributed by atoms with Gasteiger partial charge in [-0.15, -0.1) is 0 Å². The zero-order valence-corrected chi connectivity index (χ0v) is 14.6. The Labute approximate surface area is 150 Å². The number of carbonyl (C=O) groups excluding carboxylic acids is 2. The van der Waals surface area contributed by atoms with Crippen molar-refractivity contribution in [2.75, 3.05) is 18.5 Å². The summed E-state index contributed by atoms with van der Waals surface area (Å²) in [4.78, 5) is 42.5. The van der Waals surface area contributed by atoms with Crippen molar-refractivity contribution in [3.05, 3.63) is 45.6 Å². The van der Waals surface area contributed by atoms with E-state index in [0.717, 1.165) is 30.5 Å². The number of hydrogen-bond acceptors (Lipinski definition) is 4. The number of anilines is 1. The highest BCUT2D eigenvalue weighted by Crippen LogP contribution is 2.32. The summed E-state index contributed by atoms with van der Waals surface area (Å²) in [5.74, 6) is 0.530. The Balaban J connectivity index is 1.64. The van der Waals surface area contributed by atoms with E-state index in [4.69, 9.17) is 0 Å². The van der Waals surface area contributed by atoms with E-state index in [2.05, 4.69) is 15.2 Å². The lowest BCUT2D eigenvalue weighted by molar-refractivity contribution is -0.118. The van der Waals surface area contributed by atoms with Gasteiger partial charge in [0.05, 0.1) is 6.04 Å². The predicted octanol–water partition coefficient (Wildman–Crippen LogP) is 1.37. The minimum absolute atomic E-state index is 0.0686. The first kappa shape index (κ1) is 16.6. The largest absolute Gasteiger partial charge is 0.340 e. The average molecular weight is 355 g/mol. The molecule has 2 amide bonds. The molecule has 136 valence electrons. The molecule has 8 heteroatoms. The quantitative estimate of drug-likeness (QED) is 0.849. The molecular weight excluding hydrogens is 334 g/mol. The monoisotopic (exact) mass is 355 g/mol. The number of aromatic nitrogens is 3. The van der Waals surface area contributed by atoms with E-state index in [-0.39, 0.29) is 23.5 Å². The van der Waals surface area contributed by atoms with E-state index >= 15 is 0 Å². The van der Waals surface area contributed by atoms with Gasteiger partial charge in [-0.3, -0.25) is 14.6 Å². The first-order valence-corrected chi connectivity index (χ1v) is 8.89. The van der Waals surface area contributed by atoms with Gasteiger partial charge in [0, 0.05) is 31.3 Å². The number of H-pyrrole nitrogens is 2. The second-order valence-corrected chi connectivity index (χ2v) is 6.87. The number of rotatable bonds is 2. The van der Waals surface area contributed by atoms with Crippen molar-refractivity contribution in [3.8, 4) is 0 Å². The molecule has 0 bridgehead atoms. The molecule has 1 atom stereocenters. The van der Waals surface area contributed by atoms with Crippen LogP contribution in [0.2, 0.25) is 0 Å². The van der Waals surface area contributed by atoms with Gasteiger partial charge >= 0.3 is 5.69 Å². The molecule has 2 aromatic rings. The Morgan fingerprint density at radius 3 is 2.85 bits per heavy atom. The molecular formula is C18H21N5O3. The van der Waals surface area contributed by atoms with Gasteiger partial charge in [0.2, 0.25) is 5.91 Å². The van der Waals surface area contributed by atoms with Crippen LogP contribution in [-0.4, -0.2) is 45.5 Å². The highest BCUT2D eigenvalue weighted by molar-refractivity contribution is 5.99. The summed E-state index contributed by atoms with van der Waals surface area (Å²) in [6.45, 7) is 0.633. The number of hydrogen-bond donors (Lipinski definition) is 2.